The van der Waals surface area contributed by atoms with E-state index in [0.29, 0.717) is 11.8 Å². The van der Waals surface area contributed by atoms with E-state index in [0.717, 1.165) is 22.8 Å². The molecule has 0 aromatic carbocycles. The lowest BCUT2D eigenvalue weighted by atomic mass is 9.80. The van der Waals surface area contributed by atoms with Gasteiger partial charge in [0, 0.05) is 16.5 Å². The standard InChI is InChI=1S/C12H12Cl2/c13-6-11(14)10-4-3-9-7-1-2-8(5-7)12(9)10/h1-4,6-10,12H,5H2/t7?,8?,9-,10+,12+/m0/s1. The quantitative estimate of drug-likeness (QED) is 0.595. The van der Waals surface area contributed by atoms with Crippen LogP contribution in [0.3, 0.4) is 0 Å². The smallest absolute Gasteiger partial charge is 0.0365 e. The Morgan fingerprint density at radius 1 is 1.14 bits per heavy atom. The zero-order valence-corrected chi connectivity index (χ0v) is 9.25. The summed E-state index contributed by atoms with van der Waals surface area (Å²) in [6.07, 6.45) is 10.6. The molecule has 0 amide bonds. The first-order chi connectivity index (χ1) is 6.81. The Hall–Kier alpha value is -0.200. The summed E-state index contributed by atoms with van der Waals surface area (Å²) >= 11 is 11.8. The molecule has 14 heavy (non-hydrogen) atoms. The fraction of sp³-hybridized carbons (Fsp3) is 0.500. The predicted octanol–water partition coefficient (Wildman–Crippen LogP) is 3.93. The number of halogens is 2. The van der Waals surface area contributed by atoms with Gasteiger partial charge < -0.3 is 0 Å². The SMILES string of the molecule is ClC=C(Cl)[C@H]1C=C[C@H]2C3C=CC(C3)[C@@H]12. The number of fused-ring (bicyclic) bond motifs is 5. The molecule has 0 aromatic heterocycles. The van der Waals surface area contributed by atoms with Gasteiger partial charge in [-0.1, -0.05) is 47.5 Å². The number of rotatable bonds is 1. The average molecular weight is 227 g/mol. The fourth-order valence-electron chi connectivity index (χ4n) is 3.40. The third-order valence-electron chi connectivity index (χ3n) is 3.96. The van der Waals surface area contributed by atoms with Crippen molar-refractivity contribution in [2.45, 2.75) is 6.42 Å². The first kappa shape index (κ1) is 9.06. The van der Waals surface area contributed by atoms with Crippen molar-refractivity contribution in [1.29, 1.82) is 0 Å². The van der Waals surface area contributed by atoms with Crippen molar-refractivity contribution < 1.29 is 0 Å². The van der Waals surface area contributed by atoms with Gasteiger partial charge in [0.2, 0.25) is 0 Å². The zero-order valence-electron chi connectivity index (χ0n) is 7.74. The molecule has 0 aliphatic heterocycles. The number of hydrogen-bond acceptors (Lipinski definition) is 0. The van der Waals surface area contributed by atoms with Crippen LogP contribution in [0.15, 0.2) is 34.9 Å². The van der Waals surface area contributed by atoms with E-state index in [4.69, 9.17) is 23.2 Å². The largest absolute Gasteiger partial charge is 0.0917 e. The molecular weight excluding hydrogens is 215 g/mol. The second-order valence-electron chi connectivity index (χ2n) is 4.51. The van der Waals surface area contributed by atoms with Gasteiger partial charge in [0.1, 0.15) is 0 Å². The molecule has 5 atom stereocenters. The molecule has 1 fully saturated rings. The van der Waals surface area contributed by atoms with Crippen molar-refractivity contribution in [2.24, 2.45) is 29.6 Å². The monoisotopic (exact) mass is 226 g/mol. The summed E-state index contributed by atoms with van der Waals surface area (Å²) < 4.78 is 0. The number of allylic oxidation sites excluding steroid dienone is 5. The maximum atomic E-state index is 6.13. The molecule has 1 saturated carbocycles. The molecule has 2 unspecified atom stereocenters. The maximum absolute atomic E-state index is 6.13. The van der Waals surface area contributed by atoms with E-state index in [1.165, 1.54) is 12.0 Å². The summed E-state index contributed by atoms with van der Waals surface area (Å²) in [5.41, 5.74) is 1.52. The van der Waals surface area contributed by atoms with Crippen LogP contribution < -0.4 is 0 Å². The minimum atomic E-state index is 0.374. The highest BCUT2D eigenvalue weighted by Crippen LogP contribution is 2.56. The van der Waals surface area contributed by atoms with Gasteiger partial charge >= 0.3 is 0 Å². The topological polar surface area (TPSA) is 0 Å². The Morgan fingerprint density at radius 2 is 1.93 bits per heavy atom. The van der Waals surface area contributed by atoms with Crippen LogP contribution in [-0.4, -0.2) is 0 Å². The number of hydrogen-bond donors (Lipinski definition) is 0. The molecule has 0 nitrogen and oxygen atoms in total. The highest BCUT2D eigenvalue weighted by Gasteiger charge is 2.49. The van der Waals surface area contributed by atoms with Gasteiger partial charge in [0.05, 0.1) is 0 Å². The zero-order chi connectivity index (χ0) is 9.71. The lowest BCUT2D eigenvalue weighted by molar-refractivity contribution is 0.344. The van der Waals surface area contributed by atoms with E-state index in [2.05, 4.69) is 24.3 Å². The van der Waals surface area contributed by atoms with Crippen molar-refractivity contribution in [3.63, 3.8) is 0 Å². The Kier molecular flexibility index (Phi) is 2.04. The van der Waals surface area contributed by atoms with E-state index in [9.17, 15) is 0 Å². The molecule has 2 bridgehead atoms. The van der Waals surface area contributed by atoms with Crippen molar-refractivity contribution >= 4 is 23.2 Å². The summed E-state index contributed by atoms with van der Waals surface area (Å²) in [5.74, 6) is 3.29. The van der Waals surface area contributed by atoms with Crippen molar-refractivity contribution in [3.8, 4) is 0 Å². The first-order valence-corrected chi connectivity index (χ1v) is 5.95. The Morgan fingerprint density at radius 3 is 2.71 bits per heavy atom. The minimum Gasteiger partial charge on any atom is -0.0917 e. The van der Waals surface area contributed by atoms with Gasteiger partial charge in [0.15, 0.2) is 0 Å². The average Bonchev–Trinajstić information content (AvgIpc) is 2.87. The highest BCUT2D eigenvalue weighted by atomic mass is 35.5. The van der Waals surface area contributed by atoms with Gasteiger partial charge in [-0.25, -0.2) is 0 Å². The minimum absolute atomic E-state index is 0.374. The van der Waals surface area contributed by atoms with Crippen LogP contribution >= 0.6 is 23.2 Å². The van der Waals surface area contributed by atoms with Crippen LogP contribution in [-0.2, 0) is 0 Å². The molecule has 0 saturated heterocycles. The summed E-state index contributed by atoms with van der Waals surface area (Å²) in [5, 5.41) is 0.802. The molecule has 0 aromatic rings. The van der Waals surface area contributed by atoms with Crippen LogP contribution in [0.2, 0.25) is 0 Å². The van der Waals surface area contributed by atoms with Gasteiger partial charge in [0.25, 0.3) is 0 Å². The Balaban J connectivity index is 1.93. The predicted molar refractivity (Wildman–Crippen MR) is 60.1 cm³/mol. The van der Waals surface area contributed by atoms with E-state index in [-0.39, 0.29) is 0 Å². The van der Waals surface area contributed by atoms with Crippen LogP contribution in [0.5, 0.6) is 0 Å². The van der Waals surface area contributed by atoms with Crippen molar-refractivity contribution in [3.05, 3.63) is 34.9 Å². The Labute approximate surface area is 94.3 Å². The Bertz CT molecular complexity index is 340. The van der Waals surface area contributed by atoms with Crippen LogP contribution in [0.25, 0.3) is 0 Å². The molecule has 3 aliphatic carbocycles. The van der Waals surface area contributed by atoms with Gasteiger partial charge in [-0.05, 0) is 30.1 Å². The van der Waals surface area contributed by atoms with E-state index >= 15 is 0 Å². The second kappa shape index (κ2) is 3.15. The van der Waals surface area contributed by atoms with Crippen LogP contribution in [0, 0.1) is 29.6 Å². The van der Waals surface area contributed by atoms with E-state index in [1.807, 2.05) is 0 Å². The third kappa shape index (κ3) is 1.07. The summed E-state index contributed by atoms with van der Waals surface area (Å²) in [6, 6.07) is 0. The lowest BCUT2D eigenvalue weighted by Crippen LogP contribution is -2.20. The third-order valence-corrected chi connectivity index (χ3v) is 4.67. The molecular formula is C12H12Cl2. The fourth-order valence-corrected chi connectivity index (χ4v) is 3.76. The molecule has 0 heterocycles. The highest BCUT2D eigenvalue weighted by molar-refractivity contribution is 6.36. The molecule has 3 rings (SSSR count). The first-order valence-electron chi connectivity index (χ1n) is 5.13. The second-order valence-corrected chi connectivity index (χ2v) is 5.16. The van der Waals surface area contributed by atoms with Gasteiger partial charge in [-0.2, -0.15) is 0 Å². The van der Waals surface area contributed by atoms with E-state index < -0.39 is 0 Å². The molecule has 2 heteroatoms. The van der Waals surface area contributed by atoms with Crippen molar-refractivity contribution in [1.82, 2.24) is 0 Å². The summed E-state index contributed by atoms with van der Waals surface area (Å²) in [6.45, 7) is 0. The summed E-state index contributed by atoms with van der Waals surface area (Å²) in [4.78, 5) is 0. The molecule has 74 valence electrons. The lowest BCUT2D eigenvalue weighted by Gasteiger charge is -2.25. The van der Waals surface area contributed by atoms with Gasteiger partial charge in [-0.15, -0.1) is 0 Å². The summed E-state index contributed by atoms with van der Waals surface area (Å²) in [7, 11) is 0. The molecule has 0 N–H and O–H groups in total. The van der Waals surface area contributed by atoms with Crippen LogP contribution in [0.4, 0.5) is 0 Å². The molecule has 0 spiro atoms. The normalized spacial score (nSPS) is 49.0. The maximum Gasteiger partial charge on any atom is 0.0365 e. The van der Waals surface area contributed by atoms with Crippen molar-refractivity contribution in [2.75, 3.05) is 0 Å². The van der Waals surface area contributed by atoms with Gasteiger partial charge in [-0.3, -0.25) is 0 Å². The van der Waals surface area contributed by atoms with Crippen LogP contribution in [0.1, 0.15) is 6.42 Å². The molecule has 3 aliphatic rings. The molecule has 0 radical (unpaired) electrons. The van der Waals surface area contributed by atoms with E-state index in [1.54, 1.807) is 0 Å².